The Morgan fingerprint density at radius 3 is 3.07 bits per heavy atom. The normalized spacial score (nSPS) is 24.1. The van der Waals surface area contributed by atoms with E-state index in [0.29, 0.717) is 6.67 Å². The SMILES string of the molecule is O=S1C2=C(CNCN2)c2ccccc21. The second kappa shape index (κ2) is 2.93. The van der Waals surface area contributed by atoms with Crippen molar-refractivity contribution in [3.63, 3.8) is 0 Å². The van der Waals surface area contributed by atoms with Crippen LogP contribution >= 0.6 is 0 Å². The highest BCUT2D eigenvalue weighted by Crippen LogP contribution is 2.35. The van der Waals surface area contributed by atoms with Crippen molar-refractivity contribution in [2.45, 2.75) is 4.90 Å². The van der Waals surface area contributed by atoms with E-state index < -0.39 is 10.8 Å². The molecule has 0 bridgehead atoms. The fraction of sp³-hybridized carbons (Fsp3) is 0.200. The summed E-state index contributed by atoms with van der Waals surface area (Å²) in [4.78, 5) is 0.939. The van der Waals surface area contributed by atoms with Crippen molar-refractivity contribution in [1.82, 2.24) is 10.6 Å². The summed E-state index contributed by atoms with van der Waals surface area (Å²) in [5.41, 5.74) is 2.28. The fourth-order valence-corrected chi connectivity index (χ4v) is 3.32. The third-order valence-electron chi connectivity index (χ3n) is 2.55. The van der Waals surface area contributed by atoms with Crippen LogP contribution in [0.1, 0.15) is 5.56 Å². The Labute approximate surface area is 84.7 Å². The number of nitrogens with one attached hydrogen (secondary N) is 2. The van der Waals surface area contributed by atoms with Crippen molar-refractivity contribution in [1.29, 1.82) is 0 Å². The largest absolute Gasteiger partial charge is 0.365 e. The van der Waals surface area contributed by atoms with Crippen LogP contribution in [0.4, 0.5) is 0 Å². The quantitative estimate of drug-likeness (QED) is 0.654. The predicted octanol–water partition coefficient (Wildman–Crippen LogP) is 0.627. The van der Waals surface area contributed by atoms with Crippen molar-refractivity contribution < 1.29 is 4.21 Å². The molecule has 2 aliphatic rings. The van der Waals surface area contributed by atoms with Crippen LogP contribution in [0.3, 0.4) is 0 Å². The standard InChI is InChI=1S/C10H10N2OS/c13-14-9-4-2-1-3-7(9)8-5-11-6-12-10(8)14/h1-4,11-12H,5-6H2. The van der Waals surface area contributed by atoms with E-state index in [9.17, 15) is 4.21 Å². The van der Waals surface area contributed by atoms with Crippen LogP contribution in [0.2, 0.25) is 0 Å². The van der Waals surface area contributed by atoms with Gasteiger partial charge in [-0.1, -0.05) is 18.2 Å². The van der Waals surface area contributed by atoms with Gasteiger partial charge in [0.25, 0.3) is 0 Å². The minimum atomic E-state index is -0.986. The van der Waals surface area contributed by atoms with E-state index >= 15 is 0 Å². The van der Waals surface area contributed by atoms with Crippen LogP contribution in [-0.4, -0.2) is 17.4 Å². The molecule has 1 aromatic rings. The van der Waals surface area contributed by atoms with Crippen LogP contribution in [0.25, 0.3) is 5.57 Å². The lowest BCUT2D eigenvalue weighted by Crippen LogP contribution is -2.35. The molecular formula is C10H10N2OS. The average molecular weight is 206 g/mol. The smallest absolute Gasteiger partial charge is 0.111 e. The van der Waals surface area contributed by atoms with Crippen molar-refractivity contribution in [3.05, 3.63) is 34.9 Å². The molecule has 14 heavy (non-hydrogen) atoms. The van der Waals surface area contributed by atoms with Crippen LogP contribution in [-0.2, 0) is 10.8 Å². The van der Waals surface area contributed by atoms with Crippen LogP contribution in [0.15, 0.2) is 34.2 Å². The van der Waals surface area contributed by atoms with Gasteiger partial charge in [0.2, 0.25) is 0 Å². The highest BCUT2D eigenvalue weighted by molar-refractivity contribution is 7.89. The first-order valence-electron chi connectivity index (χ1n) is 4.57. The summed E-state index contributed by atoms with van der Waals surface area (Å²) in [6.07, 6.45) is 0. The average Bonchev–Trinajstić information content (AvgIpc) is 2.55. The summed E-state index contributed by atoms with van der Waals surface area (Å²) in [5.74, 6) is 0. The number of hydrogen-bond donors (Lipinski definition) is 2. The minimum Gasteiger partial charge on any atom is -0.365 e. The van der Waals surface area contributed by atoms with Gasteiger partial charge in [-0.25, -0.2) is 4.21 Å². The maximum Gasteiger partial charge on any atom is 0.111 e. The Balaban J connectivity index is 2.23. The number of benzene rings is 1. The molecule has 72 valence electrons. The molecule has 0 aliphatic carbocycles. The molecule has 4 heteroatoms. The third-order valence-corrected chi connectivity index (χ3v) is 4.06. The lowest BCUT2D eigenvalue weighted by Gasteiger charge is -2.16. The first kappa shape index (κ1) is 8.20. The molecule has 3 rings (SSSR count). The summed E-state index contributed by atoms with van der Waals surface area (Å²) >= 11 is 0. The van der Waals surface area contributed by atoms with Crippen molar-refractivity contribution in [2.24, 2.45) is 0 Å². The van der Waals surface area contributed by atoms with Gasteiger partial charge in [0.15, 0.2) is 0 Å². The number of rotatable bonds is 0. The highest BCUT2D eigenvalue weighted by atomic mass is 32.2. The lowest BCUT2D eigenvalue weighted by molar-refractivity contribution is 0.657. The third kappa shape index (κ3) is 0.980. The van der Waals surface area contributed by atoms with Crippen LogP contribution in [0, 0.1) is 0 Å². The van der Waals surface area contributed by atoms with Crippen LogP contribution < -0.4 is 10.6 Å². The van der Waals surface area contributed by atoms with Gasteiger partial charge >= 0.3 is 0 Å². The number of hydrogen-bond acceptors (Lipinski definition) is 3. The van der Waals surface area contributed by atoms with E-state index in [4.69, 9.17) is 0 Å². The first-order valence-corrected chi connectivity index (χ1v) is 5.72. The van der Waals surface area contributed by atoms with E-state index in [0.717, 1.165) is 27.6 Å². The fourth-order valence-electron chi connectivity index (χ4n) is 1.90. The molecule has 0 amide bonds. The molecular weight excluding hydrogens is 196 g/mol. The van der Waals surface area contributed by atoms with Gasteiger partial charge < -0.3 is 5.32 Å². The Morgan fingerprint density at radius 1 is 1.29 bits per heavy atom. The molecule has 1 atom stereocenters. The molecule has 2 N–H and O–H groups in total. The molecule has 2 aliphatic heterocycles. The van der Waals surface area contributed by atoms with Gasteiger partial charge in [-0.05, 0) is 11.6 Å². The summed E-state index contributed by atoms with van der Waals surface area (Å²) < 4.78 is 12.0. The highest BCUT2D eigenvalue weighted by Gasteiger charge is 2.29. The zero-order chi connectivity index (χ0) is 9.54. The minimum absolute atomic E-state index is 0.707. The Morgan fingerprint density at radius 2 is 2.14 bits per heavy atom. The molecule has 1 unspecified atom stereocenters. The van der Waals surface area contributed by atoms with Gasteiger partial charge in [0.1, 0.15) is 15.8 Å². The van der Waals surface area contributed by atoms with Gasteiger partial charge in [-0.2, -0.15) is 0 Å². The summed E-state index contributed by atoms with van der Waals surface area (Å²) in [6.45, 7) is 1.52. The first-order chi connectivity index (χ1) is 6.88. The molecule has 0 fully saturated rings. The zero-order valence-electron chi connectivity index (χ0n) is 7.54. The molecule has 0 radical (unpaired) electrons. The van der Waals surface area contributed by atoms with Gasteiger partial charge in [0, 0.05) is 12.1 Å². The van der Waals surface area contributed by atoms with Crippen molar-refractivity contribution in [2.75, 3.05) is 13.2 Å². The Bertz CT molecular complexity index is 453. The van der Waals surface area contributed by atoms with Gasteiger partial charge in [0.05, 0.1) is 11.6 Å². The maximum atomic E-state index is 12.0. The van der Waals surface area contributed by atoms with E-state index in [-0.39, 0.29) is 0 Å². The van der Waals surface area contributed by atoms with Gasteiger partial charge in [-0.3, -0.25) is 5.32 Å². The molecule has 0 spiro atoms. The summed E-state index contributed by atoms with van der Waals surface area (Å²) in [7, 11) is -0.986. The predicted molar refractivity (Wildman–Crippen MR) is 55.8 cm³/mol. The van der Waals surface area contributed by atoms with E-state index in [1.807, 2.05) is 24.3 Å². The molecule has 0 aromatic heterocycles. The zero-order valence-corrected chi connectivity index (χ0v) is 8.36. The second-order valence-corrected chi connectivity index (χ2v) is 4.74. The molecule has 1 aromatic carbocycles. The molecule has 0 saturated heterocycles. The topological polar surface area (TPSA) is 41.1 Å². The monoisotopic (exact) mass is 206 g/mol. The summed E-state index contributed by atoms with van der Waals surface area (Å²) in [5, 5.41) is 7.25. The molecule has 3 nitrogen and oxygen atoms in total. The van der Waals surface area contributed by atoms with E-state index in [1.54, 1.807) is 0 Å². The lowest BCUT2D eigenvalue weighted by atomic mass is 10.1. The van der Waals surface area contributed by atoms with Crippen molar-refractivity contribution in [3.8, 4) is 0 Å². The Hall–Kier alpha value is -1.13. The van der Waals surface area contributed by atoms with Crippen LogP contribution in [0.5, 0.6) is 0 Å². The molecule has 2 heterocycles. The molecule has 0 saturated carbocycles. The second-order valence-electron chi connectivity index (χ2n) is 3.35. The number of fused-ring (bicyclic) bond motifs is 2. The van der Waals surface area contributed by atoms with Crippen molar-refractivity contribution >= 4 is 16.4 Å². The summed E-state index contributed by atoms with van der Waals surface area (Å²) in [6, 6.07) is 7.89. The van der Waals surface area contributed by atoms with E-state index in [1.165, 1.54) is 0 Å². The van der Waals surface area contributed by atoms with E-state index in [2.05, 4.69) is 10.6 Å². The van der Waals surface area contributed by atoms with Gasteiger partial charge in [-0.15, -0.1) is 0 Å². The maximum absolute atomic E-state index is 12.0. The Kier molecular flexibility index (Phi) is 1.72.